The lowest BCUT2D eigenvalue weighted by Gasteiger charge is -2.29. The van der Waals surface area contributed by atoms with Crippen LogP contribution >= 0.6 is 0 Å². The van der Waals surface area contributed by atoms with Crippen LogP contribution in [0.2, 0.25) is 0 Å². The van der Waals surface area contributed by atoms with E-state index in [0.29, 0.717) is 37.2 Å². The molecule has 1 atom stereocenters. The summed E-state index contributed by atoms with van der Waals surface area (Å²) < 4.78 is 5.35. The van der Waals surface area contributed by atoms with Crippen molar-refractivity contribution in [3.63, 3.8) is 0 Å². The summed E-state index contributed by atoms with van der Waals surface area (Å²) in [5.74, 6) is -0.349. The maximum Gasteiger partial charge on any atom is 0.407 e. The SMILES string of the molecule is CN=C(C)c1ccc(NC(=O)C(Cc2cccc(-c3cc(N)ccc3C)c2)NC(=O)C2CCC(CNC(=O)OC(C)(C)C)CC2)cc1. The van der Waals surface area contributed by atoms with Crippen LogP contribution in [0.4, 0.5) is 16.2 Å². The number of ether oxygens (including phenoxy) is 1. The molecule has 250 valence electrons. The van der Waals surface area contributed by atoms with Gasteiger partial charge in [-0.2, -0.15) is 0 Å². The zero-order valence-corrected chi connectivity index (χ0v) is 28.5. The molecule has 3 aromatic carbocycles. The number of nitrogens with two attached hydrogens (primary N) is 1. The van der Waals surface area contributed by atoms with Gasteiger partial charge in [0.2, 0.25) is 11.8 Å². The van der Waals surface area contributed by atoms with Gasteiger partial charge in [0, 0.05) is 43.0 Å². The number of nitrogen functional groups attached to an aromatic ring is 1. The molecule has 1 saturated carbocycles. The summed E-state index contributed by atoms with van der Waals surface area (Å²) in [4.78, 5) is 43.7. The van der Waals surface area contributed by atoms with Gasteiger partial charge in [0.1, 0.15) is 11.6 Å². The molecule has 1 fully saturated rings. The Labute approximate surface area is 278 Å². The van der Waals surface area contributed by atoms with E-state index in [9.17, 15) is 14.4 Å². The summed E-state index contributed by atoms with van der Waals surface area (Å²) >= 11 is 0. The second-order valence-electron chi connectivity index (χ2n) is 13.5. The number of anilines is 2. The lowest BCUT2D eigenvalue weighted by atomic mass is 9.81. The maximum atomic E-state index is 13.7. The summed E-state index contributed by atoms with van der Waals surface area (Å²) in [5, 5.41) is 8.95. The number of benzene rings is 3. The van der Waals surface area contributed by atoms with Gasteiger partial charge in [0.15, 0.2) is 0 Å². The van der Waals surface area contributed by atoms with Crippen molar-refractivity contribution in [2.75, 3.05) is 24.6 Å². The third-order valence-corrected chi connectivity index (χ3v) is 8.63. The highest BCUT2D eigenvalue weighted by Crippen LogP contribution is 2.30. The van der Waals surface area contributed by atoms with Gasteiger partial charge in [0.25, 0.3) is 0 Å². The van der Waals surface area contributed by atoms with Gasteiger partial charge in [-0.1, -0.05) is 42.5 Å². The quantitative estimate of drug-likeness (QED) is 0.145. The second kappa shape index (κ2) is 15.8. The van der Waals surface area contributed by atoms with E-state index in [1.807, 2.05) is 95.3 Å². The van der Waals surface area contributed by atoms with Crippen molar-refractivity contribution in [3.05, 3.63) is 83.4 Å². The molecular formula is C38H49N5O4. The number of alkyl carbamates (subject to hydrolysis) is 1. The molecule has 0 aromatic heterocycles. The van der Waals surface area contributed by atoms with Crippen molar-refractivity contribution in [1.82, 2.24) is 10.6 Å². The van der Waals surface area contributed by atoms with Crippen molar-refractivity contribution in [2.24, 2.45) is 16.8 Å². The highest BCUT2D eigenvalue weighted by Gasteiger charge is 2.30. The number of hydrogen-bond acceptors (Lipinski definition) is 6. The predicted octanol–water partition coefficient (Wildman–Crippen LogP) is 6.68. The Hall–Kier alpha value is -4.66. The van der Waals surface area contributed by atoms with Gasteiger partial charge in [-0.3, -0.25) is 14.6 Å². The topological polar surface area (TPSA) is 135 Å². The molecule has 3 amide bonds. The molecule has 1 aliphatic rings. The van der Waals surface area contributed by atoms with Crippen LogP contribution in [0.15, 0.2) is 71.7 Å². The molecule has 3 aromatic rings. The molecule has 0 spiro atoms. The molecule has 0 saturated heterocycles. The van der Waals surface area contributed by atoms with Gasteiger partial charge < -0.3 is 26.4 Å². The fraction of sp³-hybridized carbons (Fsp3) is 0.421. The molecule has 1 aliphatic carbocycles. The highest BCUT2D eigenvalue weighted by molar-refractivity contribution is 6.00. The molecule has 0 radical (unpaired) electrons. The third kappa shape index (κ3) is 10.4. The van der Waals surface area contributed by atoms with Gasteiger partial charge >= 0.3 is 6.09 Å². The van der Waals surface area contributed by atoms with Crippen molar-refractivity contribution in [2.45, 2.75) is 78.4 Å². The number of aliphatic imine (C=N–C) groups is 1. The minimum atomic E-state index is -0.787. The van der Waals surface area contributed by atoms with E-state index in [0.717, 1.165) is 46.4 Å². The number of amides is 3. The zero-order valence-electron chi connectivity index (χ0n) is 28.5. The van der Waals surface area contributed by atoms with E-state index < -0.39 is 17.7 Å². The first-order valence-electron chi connectivity index (χ1n) is 16.4. The highest BCUT2D eigenvalue weighted by atomic mass is 16.6. The Morgan fingerprint density at radius 3 is 2.34 bits per heavy atom. The Morgan fingerprint density at radius 1 is 0.979 bits per heavy atom. The normalized spacial score (nSPS) is 17.4. The van der Waals surface area contributed by atoms with E-state index in [1.165, 1.54) is 0 Å². The predicted molar refractivity (Wildman–Crippen MR) is 190 cm³/mol. The first kappa shape index (κ1) is 35.2. The molecule has 4 rings (SSSR count). The van der Waals surface area contributed by atoms with Crippen molar-refractivity contribution in [3.8, 4) is 11.1 Å². The van der Waals surface area contributed by atoms with Gasteiger partial charge in [-0.15, -0.1) is 0 Å². The molecule has 0 heterocycles. The average molecular weight is 640 g/mol. The van der Waals surface area contributed by atoms with Crippen LogP contribution in [0, 0.1) is 18.8 Å². The number of nitrogens with zero attached hydrogens (tertiary/aromatic N) is 1. The third-order valence-electron chi connectivity index (χ3n) is 8.63. The van der Waals surface area contributed by atoms with Crippen LogP contribution < -0.4 is 21.7 Å². The van der Waals surface area contributed by atoms with E-state index in [-0.39, 0.29) is 23.7 Å². The minimum Gasteiger partial charge on any atom is -0.444 e. The molecule has 0 aliphatic heterocycles. The minimum absolute atomic E-state index is 0.128. The van der Waals surface area contributed by atoms with Gasteiger partial charge in [-0.05, 0) is 118 Å². The number of aryl methyl sites for hydroxylation is 1. The van der Waals surface area contributed by atoms with Crippen molar-refractivity contribution in [1.29, 1.82) is 0 Å². The van der Waals surface area contributed by atoms with Crippen LogP contribution in [0.1, 0.15) is 70.1 Å². The fourth-order valence-electron chi connectivity index (χ4n) is 5.87. The number of nitrogens with one attached hydrogen (secondary N) is 3. The number of carbonyl (C=O) groups excluding carboxylic acids is 3. The standard InChI is InChI=1S/C38H49N5O4/c1-24-10-17-31(39)22-33(24)30-9-7-8-27(20-30)21-34(36(45)42-32-18-15-28(16-19-32)25(2)40-6)43-35(44)29-13-11-26(12-14-29)23-41-37(46)47-38(3,4)5/h7-10,15-20,22,26,29,34H,11-14,21,23,39H2,1-6H3,(H,41,46)(H,42,45)(H,43,44). The molecule has 5 N–H and O–H groups in total. The molecule has 1 unspecified atom stereocenters. The Kier molecular flexibility index (Phi) is 11.8. The van der Waals surface area contributed by atoms with Gasteiger partial charge in [-0.25, -0.2) is 4.79 Å². The number of rotatable bonds is 10. The molecular weight excluding hydrogens is 590 g/mol. The van der Waals surface area contributed by atoms with E-state index >= 15 is 0 Å². The molecule has 9 heteroatoms. The van der Waals surface area contributed by atoms with E-state index in [1.54, 1.807) is 7.05 Å². The van der Waals surface area contributed by atoms with Crippen LogP contribution in [0.3, 0.4) is 0 Å². The van der Waals surface area contributed by atoms with Crippen LogP contribution in [-0.2, 0) is 20.7 Å². The van der Waals surface area contributed by atoms with Crippen LogP contribution in [0.25, 0.3) is 11.1 Å². The first-order valence-corrected chi connectivity index (χ1v) is 16.4. The smallest absolute Gasteiger partial charge is 0.407 e. The summed E-state index contributed by atoms with van der Waals surface area (Å²) in [5.41, 5.74) is 12.8. The molecule has 9 nitrogen and oxygen atoms in total. The number of carbonyl (C=O) groups is 3. The zero-order chi connectivity index (χ0) is 34.1. The van der Waals surface area contributed by atoms with E-state index in [2.05, 4.69) is 27.0 Å². The Morgan fingerprint density at radius 2 is 1.68 bits per heavy atom. The summed E-state index contributed by atoms with van der Waals surface area (Å²) in [6.07, 6.45) is 2.87. The fourth-order valence-corrected chi connectivity index (χ4v) is 5.87. The molecule has 47 heavy (non-hydrogen) atoms. The Bertz CT molecular complexity index is 1580. The largest absolute Gasteiger partial charge is 0.444 e. The first-order chi connectivity index (χ1) is 22.3. The van der Waals surface area contributed by atoms with Crippen LogP contribution in [-0.4, -0.2) is 48.9 Å². The van der Waals surface area contributed by atoms with Crippen LogP contribution in [0.5, 0.6) is 0 Å². The summed E-state index contributed by atoms with van der Waals surface area (Å²) in [7, 11) is 1.74. The average Bonchev–Trinajstić information content (AvgIpc) is 3.04. The molecule has 0 bridgehead atoms. The maximum absolute atomic E-state index is 13.7. The monoisotopic (exact) mass is 639 g/mol. The second-order valence-corrected chi connectivity index (χ2v) is 13.5. The van der Waals surface area contributed by atoms with Crippen molar-refractivity contribution < 1.29 is 19.1 Å². The number of hydrogen-bond donors (Lipinski definition) is 4. The van der Waals surface area contributed by atoms with Gasteiger partial charge in [0.05, 0.1) is 0 Å². The lowest BCUT2D eigenvalue weighted by molar-refractivity contribution is -0.130. The van der Waals surface area contributed by atoms with Crippen molar-refractivity contribution >= 4 is 35.0 Å². The van der Waals surface area contributed by atoms with E-state index in [4.69, 9.17) is 10.5 Å². The lowest BCUT2D eigenvalue weighted by Crippen LogP contribution is -2.48. The Balaban J connectivity index is 1.46. The summed E-state index contributed by atoms with van der Waals surface area (Å²) in [6.45, 7) is 9.99. The summed E-state index contributed by atoms with van der Waals surface area (Å²) in [6, 6.07) is 20.6.